The lowest BCUT2D eigenvalue weighted by molar-refractivity contribution is -0.123. The van der Waals surface area contributed by atoms with E-state index in [1.165, 1.54) is 16.7 Å². The lowest BCUT2D eigenvalue weighted by Gasteiger charge is -2.26. The number of hydrogen-bond acceptors (Lipinski definition) is 1. The summed E-state index contributed by atoms with van der Waals surface area (Å²) in [5, 5.41) is 0. The van der Waals surface area contributed by atoms with Gasteiger partial charge in [0.05, 0.1) is 5.41 Å². The van der Waals surface area contributed by atoms with Crippen LogP contribution in [0.4, 0.5) is 0 Å². The number of allylic oxidation sites excluding steroid dienone is 5. The normalized spacial score (nSPS) is 37.9. The van der Waals surface area contributed by atoms with Gasteiger partial charge in [-0.15, -0.1) is 0 Å². The van der Waals surface area contributed by atoms with Gasteiger partial charge in [0.15, 0.2) is 0 Å². The minimum atomic E-state index is -0.262. The van der Waals surface area contributed by atoms with Gasteiger partial charge in [0, 0.05) is 6.42 Å². The van der Waals surface area contributed by atoms with Gasteiger partial charge in [-0.2, -0.15) is 0 Å². The predicted molar refractivity (Wildman–Crippen MR) is 71.8 cm³/mol. The first kappa shape index (κ1) is 12.3. The smallest absolute Gasteiger partial charge is 0.143 e. The molecule has 0 heterocycles. The first-order chi connectivity index (χ1) is 7.93. The zero-order valence-corrected chi connectivity index (χ0v) is 11.2. The average Bonchev–Trinajstić information content (AvgIpc) is 2.52. The Morgan fingerprint density at radius 1 is 1.18 bits per heavy atom. The molecule has 1 atom stereocenters. The summed E-state index contributed by atoms with van der Waals surface area (Å²) in [6.45, 7) is 10.6. The SMILES string of the molecule is C=C1/C=C(\C)CC/C(C)=C2\CCC(=O)C2(C)C1. The molecule has 1 nitrogen and oxygen atoms in total. The third-order valence-electron chi connectivity index (χ3n) is 4.32. The van der Waals surface area contributed by atoms with E-state index in [4.69, 9.17) is 0 Å². The predicted octanol–water partition coefficient (Wildman–Crippen LogP) is 4.36. The molecule has 1 fully saturated rings. The molecule has 0 amide bonds. The van der Waals surface area contributed by atoms with Crippen LogP contribution in [0.15, 0.2) is 34.9 Å². The fourth-order valence-electron chi connectivity index (χ4n) is 3.31. The molecule has 1 heteroatoms. The zero-order chi connectivity index (χ0) is 12.6. The van der Waals surface area contributed by atoms with E-state index in [0.717, 1.165) is 37.7 Å². The molecule has 92 valence electrons. The fourth-order valence-corrected chi connectivity index (χ4v) is 3.31. The van der Waals surface area contributed by atoms with Crippen LogP contribution in [0.3, 0.4) is 0 Å². The molecule has 1 saturated carbocycles. The van der Waals surface area contributed by atoms with Crippen LogP contribution >= 0.6 is 0 Å². The molecule has 0 aromatic rings. The highest BCUT2D eigenvalue weighted by Crippen LogP contribution is 2.47. The molecule has 0 spiro atoms. The number of Topliss-reactive ketones (excluding diaryl/α,β-unsaturated/α-hetero) is 1. The molecular formula is C16H22O. The van der Waals surface area contributed by atoms with Crippen molar-refractivity contribution in [2.75, 3.05) is 0 Å². The van der Waals surface area contributed by atoms with Crippen LogP contribution in [0, 0.1) is 5.41 Å². The quantitative estimate of drug-likeness (QED) is 0.565. The molecule has 1 unspecified atom stereocenters. The Labute approximate surface area is 104 Å². The Kier molecular flexibility index (Phi) is 3.11. The third kappa shape index (κ3) is 2.15. The van der Waals surface area contributed by atoms with Crippen molar-refractivity contribution in [3.05, 3.63) is 34.9 Å². The van der Waals surface area contributed by atoms with Gasteiger partial charge >= 0.3 is 0 Å². The van der Waals surface area contributed by atoms with Crippen LogP contribution in [0.25, 0.3) is 0 Å². The van der Waals surface area contributed by atoms with Crippen LogP contribution in [0.1, 0.15) is 52.9 Å². The summed E-state index contributed by atoms with van der Waals surface area (Å²) >= 11 is 0. The summed E-state index contributed by atoms with van der Waals surface area (Å²) < 4.78 is 0. The molecule has 2 aliphatic rings. The molecule has 2 aliphatic carbocycles. The largest absolute Gasteiger partial charge is 0.299 e. The molecule has 0 aromatic heterocycles. The summed E-state index contributed by atoms with van der Waals surface area (Å²) in [4.78, 5) is 12.2. The monoisotopic (exact) mass is 230 g/mol. The minimum Gasteiger partial charge on any atom is -0.299 e. The highest BCUT2D eigenvalue weighted by atomic mass is 16.1. The van der Waals surface area contributed by atoms with Gasteiger partial charge in [0.1, 0.15) is 5.78 Å². The van der Waals surface area contributed by atoms with E-state index in [1.807, 2.05) is 0 Å². The van der Waals surface area contributed by atoms with Gasteiger partial charge in [0.2, 0.25) is 0 Å². The molecule has 0 N–H and O–H groups in total. The second kappa shape index (κ2) is 4.29. The average molecular weight is 230 g/mol. The van der Waals surface area contributed by atoms with Gasteiger partial charge < -0.3 is 0 Å². The Morgan fingerprint density at radius 2 is 1.88 bits per heavy atom. The summed E-state index contributed by atoms with van der Waals surface area (Å²) in [6, 6.07) is 0. The van der Waals surface area contributed by atoms with Crippen molar-refractivity contribution < 1.29 is 4.79 Å². The van der Waals surface area contributed by atoms with Gasteiger partial charge in [-0.25, -0.2) is 0 Å². The van der Waals surface area contributed by atoms with E-state index in [9.17, 15) is 4.79 Å². The summed E-state index contributed by atoms with van der Waals surface area (Å²) in [6.07, 6.45) is 6.85. The maximum Gasteiger partial charge on any atom is 0.143 e. The molecule has 17 heavy (non-hydrogen) atoms. The number of hydrogen-bond donors (Lipinski definition) is 0. The van der Waals surface area contributed by atoms with Crippen molar-refractivity contribution >= 4 is 5.78 Å². The topological polar surface area (TPSA) is 17.1 Å². The van der Waals surface area contributed by atoms with Crippen molar-refractivity contribution in [3.8, 4) is 0 Å². The lowest BCUT2D eigenvalue weighted by atomic mass is 9.76. The molecule has 2 rings (SSSR count). The van der Waals surface area contributed by atoms with Crippen molar-refractivity contribution in [1.29, 1.82) is 0 Å². The van der Waals surface area contributed by atoms with Crippen LogP contribution in [-0.4, -0.2) is 5.78 Å². The number of carbonyl (C=O) groups excluding carboxylic acids is 1. The third-order valence-corrected chi connectivity index (χ3v) is 4.32. The number of rotatable bonds is 0. The lowest BCUT2D eigenvalue weighted by Crippen LogP contribution is -2.24. The van der Waals surface area contributed by atoms with E-state index in [-0.39, 0.29) is 5.41 Å². The molecular weight excluding hydrogens is 208 g/mol. The summed E-state index contributed by atoms with van der Waals surface area (Å²) in [5.41, 5.74) is 5.05. The first-order valence-corrected chi connectivity index (χ1v) is 6.51. The van der Waals surface area contributed by atoms with E-state index < -0.39 is 0 Å². The van der Waals surface area contributed by atoms with Gasteiger partial charge in [-0.3, -0.25) is 4.79 Å². The van der Waals surface area contributed by atoms with E-state index in [2.05, 4.69) is 33.4 Å². The number of carbonyl (C=O) groups is 1. The zero-order valence-electron chi connectivity index (χ0n) is 11.2. The standard InChI is InChI=1S/C16H22O/c1-11-5-6-13(3)14-7-8-15(17)16(14,4)10-12(2)9-11/h9H,2,5-8,10H2,1,3-4H3/b11-9+,14-13+. The molecule has 0 saturated heterocycles. The number of fused-ring (bicyclic) bond motifs is 1. The van der Waals surface area contributed by atoms with Crippen LogP contribution in [0.2, 0.25) is 0 Å². The minimum absolute atomic E-state index is 0.262. The summed E-state index contributed by atoms with van der Waals surface area (Å²) in [5.74, 6) is 0.404. The van der Waals surface area contributed by atoms with E-state index >= 15 is 0 Å². The van der Waals surface area contributed by atoms with Crippen molar-refractivity contribution in [1.82, 2.24) is 0 Å². The summed E-state index contributed by atoms with van der Waals surface area (Å²) in [7, 11) is 0. The Hall–Kier alpha value is -1.11. The number of ketones is 1. The highest BCUT2D eigenvalue weighted by Gasteiger charge is 2.42. The highest BCUT2D eigenvalue weighted by molar-refractivity contribution is 5.91. The first-order valence-electron chi connectivity index (χ1n) is 6.51. The van der Waals surface area contributed by atoms with Crippen molar-refractivity contribution in [3.63, 3.8) is 0 Å². The van der Waals surface area contributed by atoms with Gasteiger partial charge in [0.25, 0.3) is 0 Å². The van der Waals surface area contributed by atoms with Crippen molar-refractivity contribution in [2.24, 2.45) is 5.41 Å². The Morgan fingerprint density at radius 3 is 2.59 bits per heavy atom. The maximum atomic E-state index is 12.2. The molecule has 0 bridgehead atoms. The van der Waals surface area contributed by atoms with Crippen LogP contribution in [-0.2, 0) is 4.79 Å². The molecule has 0 radical (unpaired) electrons. The van der Waals surface area contributed by atoms with Crippen molar-refractivity contribution in [2.45, 2.75) is 52.9 Å². The second-order valence-electron chi connectivity index (χ2n) is 5.84. The Bertz CT molecular complexity index is 436. The molecule has 0 aromatic carbocycles. The van der Waals surface area contributed by atoms with Gasteiger partial charge in [-0.1, -0.05) is 34.9 Å². The van der Waals surface area contributed by atoms with Crippen LogP contribution in [0.5, 0.6) is 0 Å². The van der Waals surface area contributed by atoms with Gasteiger partial charge in [-0.05, 0) is 46.5 Å². The molecule has 0 aliphatic heterocycles. The second-order valence-corrected chi connectivity index (χ2v) is 5.84. The maximum absolute atomic E-state index is 12.2. The van der Waals surface area contributed by atoms with E-state index in [0.29, 0.717) is 5.78 Å². The Balaban J connectivity index is 2.47. The van der Waals surface area contributed by atoms with E-state index in [1.54, 1.807) is 0 Å². The van der Waals surface area contributed by atoms with Crippen LogP contribution < -0.4 is 0 Å². The fraction of sp³-hybridized carbons (Fsp3) is 0.562.